The van der Waals surface area contributed by atoms with Gasteiger partial charge in [-0.3, -0.25) is 0 Å². The van der Waals surface area contributed by atoms with Gasteiger partial charge in [0.05, 0.1) is 0 Å². The van der Waals surface area contributed by atoms with E-state index in [0.717, 1.165) is 6.42 Å². The molecule has 0 unspecified atom stereocenters. The molecule has 0 radical (unpaired) electrons. The lowest BCUT2D eigenvalue weighted by Crippen LogP contribution is -2.15. The molecule has 0 saturated carbocycles. The molecule has 1 aromatic carbocycles. The topological polar surface area (TPSA) is 0 Å². The van der Waals surface area contributed by atoms with Crippen LogP contribution in [-0.2, 0) is 5.41 Å². The Morgan fingerprint density at radius 1 is 1.06 bits per heavy atom. The van der Waals surface area contributed by atoms with Gasteiger partial charge in [-0.25, -0.2) is 0 Å². The molecule has 0 heterocycles. The van der Waals surface area contributed by atoms with E-state index in [1.54, 1.807) is 0 Å². The van der Waals surface area contributed by atoms with E-state index in [4.69, 9.17) is 0 Å². The van der Waals surface area contributed by atoms with Gasteiger partial charge in [-0.1, -0.05) is 62.4 Å². The van der Waals surface area contributed by atoms with Crippen LogP contribution in [0.25, 0.3) is 5.57 Å². The van der Waals surface area contributed by atoms with Crippen LogP contribution in [0.5, 0.6) is 0 Å². The Morgan fingerprint density at radius 2 is 1.88 bits per heavy atom. The van der Waals surface area contributed by atoms with E-state index in [1.807, 2.05) is 0 Å². The van der Waals surface area contributed by atoms with E-state index in [-0.39, 0.29) is 5.41 Å². The Balaban J connectivity index is 2.29. The van der Waals surface area contributed by atoms with E-state index >= 15 is 0 Å². The zero-order valence-electron chi connectivity index (χ0n) is 9.83. The van der Waals surface area contributed by atoms with Crippen molar-refractivity contribution >= 4 is 5.57 Å². The summed E-state index contributed by atoms with van der Waals surface area (Å²) in [5, 5.41) is 0. The van der Waals surface area contributed by atoms with Crippen molar-refractivity contribution in [1.29, 1.82) is 0 Å². The molecule has 80 valence electrons. The molecule has 0 spiro atoms. The summed E-state index contributed by atoms with van der Waals surface area (Å²) < 4.78 is 0. The number of hydrogen-bond acceptors (Lipinski definition) is 0. The maximum absolute atomic E-state index is 2.32. The normalized spacial score (nSPS) is 20.6. The molecular weight excluding hydrogens is 192 g/mol. The molecule has 0 N–H and O–H groups in total. The summed E-state index contributed by atoms with van der Waals surface area (Å²) in [5.41, 5.74) is 6.07. The lowest BCUT2D eigenvalue weighted by atomic mass is 9.81. The van der Waals surface area contributed by atoms with Crippen molar-refractivity contribution in [1.82, 2.24) is 0 Å². The van der Waals surface area contributed by atoms with Crippen molar-refractivity contribution in [2.75, 3.05) is 0 Å². The molecule has 0 aliphatic heterocycles. The summed E-state index contributed by atoms with van der Waals surface area (Å²) in [6.45, 7) is 4.65. The Morgan fingerprint density at radius 3 is 2.75 bits per heavy atom. The van der Waals surface area contributed by atoms with Gasteiger partial charge in [0, 0.05) is 5.41 Å². The smallest absolute Gasteiger partial charge is 0.0155 e. The highest BCUT2D eigenvalue weighted by Crippen LogP contribution is 2.48. The van der Waals surface area contributed by atoms with Crippen molar-refractivity contribution in [3.05, 3.63) is 65.3 Å². The maximum atomic E-state index is 2.32. The van der Waals surface area contributed by atoms with Crippen LogP contribution in [0.3, 0.4) is 0 Å². The summed E-state index contributed by atoms with van der Waals surface area (Å²) in [7, 11) is 0. The fourth-order valence-corrected chi connectivity index (χ4v) is 2.90. The molecule has 2 aliphatic rings. The molecule has 2 aliphatic carbocycles. The largest absolute Gasteiger partial charge is 0.0801 e. The van der Waals surface area contributed by atoms with Gasteiger partial charge in [-0.15, -0.1) is 0 Å². The molecule has 1 aromatic rings. The van der Waals surface area contributed by atoms with Crippen LogP contribution in [0, 0.1) is 0 Å². The molecule has 3 rings (SSSR count). The monoisotopic (exact) mass is 208 g/mol. The first kappa shape index (κ1) is 9.65. The predicted molar refractivity (Wildman–Crippen MR) is 69.3 cm³/mol. The number of benzene rings is 1. The Kier molecular flexibility index (Phi) is 1.94. The second kappa shape index (κ2) is 3.21. The van der Waals surface area contributed by atoms with Crippen LogP contribution in [0.4, 0.5) is 0 Å². The van der Waals surface area contributed by atoms with Crippen LogP contribution in [0.1, 0.15) is 31.4 Å². The van der Waals surface area contributed by atoms with Gasteiger partial charge in [0.25, 0.3) is 0 Å². The van der Waals surface area contributed by atoms with Gasteiger partial charge in [0.15, 0.2) is 0 Å². The van der Waals surface area contributed by atoms with Crippen LogP contribution in [-0.4, -0.2) is 0 Å². The highest BCUT2D eigenvalue weighted by Gasteiger charge is 2.35. The van der Waals surface area contributed by atoms with E-state index in [1.165, 1.54) is 22.3 Å². The second-order valence-electron chi connectivity index (χ2n) is 5.05. The minimum atomic E-state index is 0.161. The molecular formula is C16H16. The molecule has 0 bridgehead atoms. The summed E-state index contributed by atoms with van der Waals surface area (Å²) in [6, 6.07) is 8.81. The molecule has 0 atom stereocenters. The highest BCUT2D eigenvalue weighted by molar-refractivity contribution is 5.83. The van der Waals surface area contributed by atoms with Crippen molar-refractivity contribution in [3.63, 3.8) is 0 Å². The minimum Gasteiger partial charge on any atom is -0.0801 e. The van der Waals surface area contributed by atoms with Gasteiger partial charge in [0.1, 0.15) is 0 Å². The third kappa shape index (κ3) is 1.16. The summed E-state index contributed by atoms with van der Waals surface area (Å²) >= 11 is 0. The summed E-state index contributed by atoms with van der Waals surface area (Å²) in [6.07, 6.45) is 9.89. The molecule has 0 nitrogen and oxygen atoms in total. The first-order chi connectivity index (χ1) is 7.71. The van der Waals surface area contributed by atoms with Gasteiger partial charge in [-0.2, -0.15) is 0 Å². The van der Waals surface area contributed by atoms with Crippen LogP contribution in [0.15, 0.2) is 54.1 Å². The molecule has 0 aromatic heterocycles. The third-order valence-electron chi connectivity index (χ3n) is 3.76. The predicted octanol–water partition coefficient (Wildman–Crippen LogP) is 4.25. The van der Waals surface area contributed by atoms with E-state index in [9.17, 15) is 0 Å². The van der Waals surface area contributed by atoms with E-state index in [0.29, 0.717) is 0 Å². The Labute approximate surface area is 97.0 Å². The molecule has 0 fully saturated rings. The fourth-order valence-electron chi connectivity index (χ4n) is 2.90. The first-order valence-corrected chi connectivity index (χ1v) is 5.88. The number of fused-ring (bicyclic) bond motifs is 2. The summed E-state index contributed by atoms with van der Waals surface area (Å²) in [5.74, 6) is 0. The highest BCUT2D eigenvalue weighted by atomic mass is 14.4. The number of hydrogen-bond donors (Lipinski definition) is 0. The SMILES string of the molecule is CC1(C)C2=C(CC=CC=C2)c2ccccc21. The first-order valence-electron chi connectivity index (χ1n) is 5.88. The molecule has 0 amide bonds. The van der Waals surface area contributed by atoms with E-state index in [2.05, 4.69) is 62.4 Å². The van der Waals surface area contributed by atoms with Crippen molar-refractivity contribution in [3.8, 4) is 0 Å². The molecule has 0 heteroatoms. The van der Waals surface area contributed by atoms with Crippen molar-refractivity contribution in [2.45, 2.75) is 25.7 Å². The minimum absolute atomic E-state index is 0.161. The average molecular weight is 208 g/mol. The van der Waals surface area contributed by atoms with Crippen LogP contribution in [0.2, 0.25) is 0 Å². The summed E-state index contributed by atoms with van der Waals surface area (Å²) in [4.78, 5) is 0. The van der Waals surface area contributed by atoms with Crippen molar-refractivity contribution in [2.24, 2.45) is 0 Å². The van der Waals surface area contributed by atoms with Gasteiger partial charge >= 0.3 is 0 Å². The lowest BCUT2D eigenvalue weighted by Gasteiger charge is -2.22. The van der Waals surface area contributed by atoms with Gasteiger partial charge in [0.2, 0.25) is 0 Å². The zero-order chi connectivity index (χ0) is 11.2. The van der Waals surface area contributed by atoms with E-state index < -0.39 is 0 Å². The van der Waals surface area contributed by atoms with Gasteiger partial charge < -0.3 is 0 Å². The van der Waals surface area contributed by atoms with Crippen LogP contribution < -0.4 is 0 Å². The Bertz CT molecular complexity index is 525. The maximum Gasteiger partial charge on any atom is 0.0155 e. The average Bonchev–Trinajstić information content (AvgIpc) is 2.50. The molecule has 16 heavy (non-hydrogen) atoms. The zero-order valence-corrected chi connectivity index (χ0v) is 9.83. The Hall–Kier alpha value is -1.56. The third-order valence-corrected chi connectivity index (χ3v) is 3.76. The number of allylic oxidation sites excluding steroid dienone is 6. The number of rotatable bonds is 0. The van der Waals surface area contributed by atoms with Gasteiger partial charge in [-0.05, 0) is 28.7 Å². The lowest BCUT2D eigenvalue weighted by molar-refractivity contribution is 0.654. The second-order valence-corrected chi connectivity index (χ2v) is 5.05. The van der Waals surface area contributed by atoms with Crippen LogP contribution >= 0.6 is 0 Å². The fraction of sp³-hybridized carbons (Fsp3) is 0.250. The van der Waals surface area contributed by atoms with Crippen molar-refractivity contribution < 1.29 is 0 Å². The standard InChI is InChI=1S/C16H16/c1-16(2)14-10-5-3-4-8-12(14)13-9-6-7-11-15(13)16/h3-7,9-11H,8H2,1-2H3. The molecule has 0 saturated heterocycles. The quantitative estimate of drug-likeness (QED) is 0.598.